The van der Waals surface area contributed by atoms with Crippen LogP contribution in [0.2, 0.25) is 5.02 Å². The summed E-state index contributed by atoms with van der Waals surface area (Å²) in [5.41, 5.74) is 1.39. The maximum Gasteiger partial charge on any atom is 0.338 e. The summed E-state index contributed by atoms with van der Waals surface area (Å²) >= 11 is 5.95. The van der Waals surface area contributed by atoms with Crippen molar-refractivity contribution in [1.29, 1.82) is 0 Å². The van der Waals surface area contributed by atoms with Crippen molar-refractivity contribution in [2.75, 3.05) is 26.3 Å². The van der Waals surface area contributed by atoms with Gasteiger partial charge in [-0.2, -0.15) is 4.31 Å². The summed E-state index contributed by atoms with van der Waals surface area (Å²) in [5.74, 6) is -0.626. The van der Waals surface area contributed by atoms with Gasteiger partial charge >= 0.3 is 5.97 Å². The van der Waals surface area contributed by atoms with Crippen molar-refractivity contribution < 1.29 is 22.7 Å². The van der Waals surface area contributed by atoms with Crippen molar-refractivity contribution in [1.82, 2.24) is 13.7 Å². The number of rotatable bonds is 5. The zero-order valence-electron chi connectivity index (χ0n) is 15.3. The SMILES string of the molecule is O=C(OCc1cn2cc(Cl)ccc2n1)c1cccc(S(=O)(=O)N2CCOCC2)c1. The van der Waals surface area contributed by atoms with E-state index in [4.69, 9.17) is 21.1 Å². The number of morpholine rings is 1. The molecule has 2 aromatic heterocycles. The van der Waals surface area contributed by atoms with Gasteiger partial charge < -0.3 is 13.9 Å². The molecule has 0 spiro atoms. The van der Waals surface area contributed by atoms with Crippen LogP contribution >= 0.6 is 11.6 Å². The van der Waals surface area contributed by atoms with E-state index in [2.05, 4.69) is 4.98 Å². The zero-order chi connectivity index (χ0) is 20.4. The lowest BCUT2D eigenvalue weighted by atomic mass is 10.2. The first-order valence-electron chi connectivity index (χ1n) is 8.92. The monoisotopic (exact) mass is 435 g/mol. The lowest BCUT2D eigenvalue weighted by Crippen LogP contribution is -2.40. The molecule has 0 saturated carbocycles. The van der Waals surface area contributed by atoms with Gasteiger partial charge in [0.15, 0.2) is 0 Å². The van der Waals surface area contributed by atoms with Crippen LogP contribution in [0.3, 0.4) is 0 Å². The molecular weight excluding hydrogens is 418 g/mol. The lowest BCUT2D eigenvalue weighted by Gasteiger charge is -2.26. The van der Waals surface area contributed by atoms with Crippen LogP contribution in [-0.2, 0) is 26.1 Å². The van der Waals surface area contributed by atoms with Gasteiger partial charge in [-0.1, -0.05) is 17.7 Å². The summed E-state index contributed by atoms with van der Waals surface area (Å²) in [6.07, 6.45) is 3.42. The summed E-state index contributed by atoms with van der Waals surface area (Å²) in [5, 5.41) is 0.566. The number of imidazole rings is 1. The van der Waals surface area contributed by atoms with Crippen LogP contribution in [0.1, 0.15) is 16.1 Å². The Morgan fingerprint density at radius 3 is 2.76 bits per heavy atom. The predicted octanol–water partition coefficient (Wildman–Crippen LogP) is 2.37. The van der Waals surface area contributed by atoms with Crippen molar-refractivity contribution in [3.63, 3.8) is 0 Å². The molecule has 0 aliphatic carbocycles. The molecule has 8 nitrogen and oxygen atoms in total. The van der Waals surface area contributed by atoms with Crippen LogP contribution in [-0.4, -0.2) is 54.4 Å². The first kappa shape index (κ1) is 19.8. The molecule has 0 radical (unpaired) electrons. The fourth-order valence-electron chi connectivity index (χ4n) is 3.03. The van der Waals surface area contributed by atoms with Crippen LogP contribution in [0.4, 0.5) is 0 Å². The largest absolute Gasteiger partial charge is 0.456 e. The summed E-state index contributed by atoms with van der Waals surface area (Å²) in [4.78, 5) is 16.8. The van der Waals surface area contributed by atoms with E-state index in [0.717, 1.165) is 0 Å². The molecule has 152 valence electrons. The number of halogens is 1. The van der Waals surface area contributed by atoms with E-state index < -0.39 is 16.0 Å². The normalized spacial score (nSPS) is 15.5. The van der Waals surface area contributed by atoms with Crippen LogP contribution in [0.15, 0.2) is 53.7 Å². The Morgan fingerprint density at radius 2 is 1.97 bits per heavy atom. The highest BCUT2D eigenvalue weighted by Crippen LogP contribution is 2.19. The smallest absolute Gasteiger partial charge is 0.338 e. The van der Waals surface area contributed by atoms with Gasteiger partial charge in [0.25, 0.3) is 0 Å². The summed E-state index contributed by atoms with van der Waals surface area (Å²) in [7, 11) is -3.69. The molecule has 0 amide bonds. The van der Waals surface area contributed by atoms with Crippen LogP contribution in [0, 0.1) is 0 Å². The highest BCUT2D eigenvalue weighted by atomic mass is 35.5. The van der Waals surface area contributed by atoms with Crippen LogP contribution in [0.5, 0.6) is 0 Å². The lowest BCUT2D eigenvalue weighted by molar-refractivity contribution is 0.0468. The van der Waals surface area contributed by atoms with E-state index in [1.54, 1.807) is 28.9 Å². The number of hydrogen-bond acceptors (Lipinski definition) is 6. The second-order valence-corrected chi connectivity index (χ2v) is 8.84. The molecule has 10 heteroatoms. The number of pyridine rings is 1. The van der Waals surface area contributed by atoms with Gasteiger partial charge in [0.05, 0.1) is 34.4 Å². The van der Waals surface area contributed by atoms with Gasteiger partial charge in [-0.05, 0) is 30.3 Å². The predicted molar refractivity (Wildman–Crippen MR) is 105 cm³/mol. The molecule has 0 N–H and O–H groups in total. The van der Waals surface area contributed by atoms with Gasteiger partial charge in [0.1, 0.15) is 12.3 Å². The third-order valence-corrected chi connectivity index (χ3v) is 6.61. The number of carbonyl (C=O) groups excluding carboxylic acids is 1. The number of esters is 1. The molecule has 1 aliphatic heterocycles. The Kier molecular flexibility index (Phi) is 5.55. The van der Waals surface area contributed by atoms with E-state index in [1.807, 2.05) is 0 Å². The van der Waals surface area contributed by atoms with E-state index >= 15 is 0 Å². The van der Waals surface area contributed by atoms with Crippen LogP contribution < -0.4 is 0 Å². The molecule has 4 rings (SSSR count). The number of aromatic nitrogens is 2. The fourth-order valence-corrected chi connectivity index (χ4v) is 4.65. The maximum atomic E-state index is 12.8. The van der Waals surface area contributed by atoms with Crippen molar-refractivity contribution >= 4 is 33.2 Å². The molecule has 3 heterocycles. The fraction of sp³-hybridized carbons (Fsp3) is 0.263. The average Bonchev–Trinajstić information content (AvgIpc) is 3.14. The molecule has 1 saturated heterocycles. The number of nitrogens with zero attached hydrogens (tertiary/aromatic N) is 3. The minimum absolute atomic E-state index is 0.0431. The number of fused-ring (bicyclic) bond motifs is 1. The molecule has 0 atom stereocenters. The van der Waals surface area contributed by atoms with E-state index in [1.165, 1.54) is 28.6 Å². The Balaban J connectivity index is 1.47. The van der Waals surface area contributed by atoms with E-state index in [-0.39, 0.29) is 30.2 Å². The number of ether oxygens (including phenoxy) is 2. The standard InChI is InChI=1S/C19H18ClN3O5S/c20-15-4-5-18-21-16(12-22(18)11-15)13-28-19(24)14-2-1-3-17(10-14)29(25,26)23-6-8-27-9-7-23/h1-5,10-12H,6-9,13H2. The first-order valence-corrected chi connectivity index (χ1v) is 10.7. The summed E-state index contributed by atoms with van der Waals surface area (Å²) in [6.45, 7) is 1.23. The molecule has 1 aliphatic rings. The number of hydrogen-bond donors (Lipinski definition) is 0. The maximum absolute atomic E-state index is 12.8. The molecule has 3 aromatic rings. The third-order valence-electron chi connectivity index (χ3n) is 4.49. The molecule has 0 unspecified atom stereocenters. The first-order chi connectivity index (χ1) is 13.9. The Labute approximate surface area is 172 Å². The van der Waals surface area contributed by atoms with Gasteiger partial charge in [0.2, 0.25) is 10.0 Å². The molecule has 1 fully saturated rings. The number of carbonyl (C=O) groups is 1. The third kappa shape index (κ3) is 4.27. The van der Waals surface area contributed by atoms with Crippen molar-refractivity contribution in [3.05, 3.63) is 65.1 Å². The van der Waals surface area contributed by atoms with Crippen molar-refractivity contribution in [3.8, 4) is 0 Å². The summed E-state index contributed by atoms with van der Waals surface area (Å²) < 4.78 is 39.1. The Hall–Kier alpha value is -2.46. The minimum Gasteiger partial charge on any atom is -0.456 e. The average molecular weight is 436 g/mol. The topological polar surface area (TPSA) is 90.2 Å². The molecule has 29 heavy (non-hydrogen) atoms. The van der Waals surface area contributed by atoms with Gasteiger partial charge in [-0.3, -0.25) is 0 Å². The Morgan fingerprint density at radius 1 is 1.17 bits per heavy atom. The second-order valence-electron chi connectivity index (χ2n) is 6.47. The van der Waals surface area contributed by atoms with Gasteiger partial charge in [-0.15, -0.1) is 0 Å². The second kappa shape index (κ2) is 8.11. The highest BCUT2D eigenvalue weighted by molar-refractivity contribution is 7.89. The van der Waals surface area contributed by atoms with Gasteiger partial charge in [-0.25, -0.2) is 18.2 Å². The zero-order valence-corrected chi connectivity index (χ0v) is 16.9. The minimum atomic E-state index is -3.69. The molecule has 0 bridgehead atoms. The highest BCUT2D eigenvalue weighted by Gasteiger charge is 2.27. The van der Waals surface area contributed by atoms with Crippen molar-refractivity contribution in [2.45, 2.75) is 11.5 Å². The number of sulfonamides is 1. The quantitative estimate of drug-likeness (QED) is 0.571. The summed E-state index contributed by atoms with van der Waals surface area (Å²) in [6, 6.07) is 9.32. The van der Waals surface area contributed by atoms with Gasteiger partial charge in [0, 0.05) is 25.5 Å². The van der Waals surface area contributed by atoms with E-state index in [0.29, 0.717) is 29.6 Å². The van der Waals surface area contributed by atoms with E-state index in [9.17, 15) is 13.2 Å². The van der Waals surface area contributed by atoms with Crippen LogP contribution in [0.25, 0.3) is 5.65 Å². The molecule has 1 aromatic carbocycles. The molecular formula is C19H18ClN3O5S. The van der Waals surface area contributed by atoms with Crippen molar-refractivity contribution in [2.24, 2.45) is 0 Å². The Bertz CT molecular complexity index is 1160. The number of benzene rings is 1.